The molecule has 0 atom stereocenters. The van der Waals surface area contributed by atoms with Gasteiger partial charge in [0.2, 0.25) is 0 Å². The number of nitrogens with zero attached hydrogens (tertiary/aromatic N) is 1. The molecular weight excluding hydrogens is 212 g/mol. The molecule has 0 aliphatic rings. The zero-order valence-electron chi connectivity index (χ0n) is 11.2. The summed E-state index contributed by atoms with van der Waals surface area (Å²) in [6, 6.07) is 5.98. The van der Waals surface area contributed by atoms with Crippen molar-refractivity contribution < 1.29 is 4.52 Å². The number of hydrogen-bond acceptors (Lipinski definition) is 3. The van der Waals surface area contributed by atoms with Crippen LogP contribution in [0.5, 0.6) is 0 Å². The van der Waals surface area contributed by atoms with E-state index in [1.165, 1.54) is 0 Å². The van der Waals surface area contributed by atoms with Gasteiger partial charge in [-0.2, -0.15) is 0 Å². The lowest BCUT2D eigenvalue weighted by molar-refractivity contribution is 0.393. The molecule has 2 rings (SSSR count). The number of benzene rings is 1. The highest BCUT2D eigenvalue weighted by Gasteiger charge is 2.11. The van der Waals surface area contributed by atoms with Gasteiger partial charge in [0, 0.05) is 11.3 Å². The number of aryl methyl sites for hydroxylation is 3. The SMILES string of the molecule is CC.Cc1cc(N)cc(-c2c(C)noc2C)c1. The van der Waals surface area contributed by atoms with Crippen LogP contribution in [0.4, 0.5) is 5.69 Å². The normalized spacial score (nSPS) is 9.71. The molecule has 3 heteroatoms. The molecule has 17 heavy (non-hydrogen) atoms. The van der Waals surface area contributed by atoms with Crippen LogP contribution in [0, 0.1) is 20.8 Å². The Labute approximate surface area is 103 Å². The van der Waals surface area contributed by atoms with Crippen molar-refractivity contribution in [2.75, 3.05) is 5.73 Å². The van der Waals surface area contributed by atoms with Crippen LogP contribution in [0.15, 0.2) is 22.7 Å². The third-order valence-electron chi connectivity index (χ3n) is 2.42. The average molecular weight is 232 g/mol. The number of aromatic nitrogens is 1. The maximum absolute atomic E-state index is 5.81. The quantitative estimate of drug-likeness (QED) is 0.759. The molecule has 0 radical (unpaired) electrons. The predicted octanol–water partition coefficient (Wildman–Crippen LogP) is 3.88. The average Bonchev–Trinajstić information content (AvgIpc) is 2.60. The third-order valence-corrected chi connectivity index (χ3v) is 2.42. The maximum Gasteiger partial charge on any atom is 0.141 e. The number of hydrogen-bond donors (Lipinski definition) is 1. The number of nitrogen functional groups attached to an aromatic ring is 1. The van der Waals surface area contributed by atoms with Gasteiger partial charge in [0.1, 0.15) is 5.76 Å². The molecular formula is C14H20N2O. The Morgan fingerprint density at radius 2 is 1.71 bits per heavy atom. The first kappa shape index (κ1) is 13.3. The fourth-order valence-corrected chi connectivity index (χ4v) is 1.85. The van der Waals surface area contributed by atoms with Crippen molar-refractivity contribution in [3.05, 3.63) is 35.2 Å². The van der Waals surface area contributed by atoms with Crippen LogP contribution in [-0.2, 0) is 0 Å². The highest BCUT2D eigenvalue weighted by atomic mass is 16.5. The van der Waals surface area contributed by atoms with Crippen molar-refractivity contribution in [2.45, 2.75) is 34.6 Å². The van der Waals surface area contributed by atoms with Gasteiger partial charge in [-0.1, -0.05) is 25.1 Å². The molecule has 0 unspecified atom stereocenters. The number of nitrogens with two attached hydrogens (primary N) is 1. The van der Waals surface area contributed by atoms with Crippen LogP contribution >= 0.6 is 0 Å². The first-order chi connectivity index (χ1) is 8.08. The molecule has 3 nitrogen and oxygen atoms in total. The summed E-state index contributed by atoms with van der Waals surface area (Å²) in [5.74, 6) is 0.831. The van der Waals surface area contributed by atoms with E-state index in [9.17, 15) is 0 Å². The molecule has 0 fully saturated rings. The molecule has 0 spiro atoms. The summed E-state index contributed by atoms with van der Waals surface area (Å²) in [5, 5.41) is 3.94. The highest BCUT2D eigenvalue weighted by Crippen LogP contribution is 2.28. The minimum Gasteiger partial charge on any atom is -0.399 e. The largest absolute Gasteiger partial charge is 0.399 e. The number of rotatable bonds is 1. The third kappa shape index (κ3) is 2.87. The molecule has 1 aromatic heterocycles. The van der Waals surface area contributed by atoms with E-state index < -0.39 is 0 Å². The van der Waals surface area contributed by atoms with Crippen molar-refractivity contribution in [2.24, 2.45) is 0 Å². The summed E-state index contributed by atoms with van der Waals surface area (Å²) < 4.78 is 5.14. The molecule has 0 aliphatic carbocycles. The van der Waals surface area contributed by atoms with E-state index >= 15 is 0 Å². The molecule has 1 heterocycles. The molecule has 0 saturated carbocycles. The second-order valence-corrected chi connectivity index (χ2v) is 3.83. The fourth-order valence-electron chi connectivity index (χ4n) is 1.85. The minimum absolute atomic E-state index is 0.769. The van der Waals surface area contributed by atoms with Gasteiger partial charge in [0.05, 0.1) is 5.69 Å². The lowest BCUT2D eigenvalue weighted by Crippen LogP contribution is -1.89. The van der Waals surface area contributed by atoms with Crippen LogP contribution in [0.2, 0.25) is 0 Å². The highest BCUT2D eigenvalue weighted by molar-refractivity contribution is 5.71. The first-order valence-electron chi connectivity index (χ1n) is 5.88. The molecule has 2 N–H and O–H groups in total. The van der Waals surface area contributed by atoms with E-state index in [1.807, 2.05) is 46.8 Å². The van der Waals surface area contributed by atoms with Gasteiger partial charge in [-0.05, 0) is 44.0 Å². The summed E-state index contributed by atoms with van der Waals surface area (Å²) in [4.78, 5) is 0. The Balaban J connectivity index is 0.000000686. The van der Waals surface area contributed by atoms with Gasteiger partial charge >= 0.3 is 0 Å². The first-order valence-corrected chi connectivity index (χ1v) is 5.88. The molecule has 0 aliphatic heterocycles. The van der Waals surface area contributed by atoms with Gasteiger partial charge in [0.15, 0.2) is 0 Å². The van der Waals surface area contributed by atoms with E-state index in [1.54, 1.807) is 0 Å². The van der Waals surface area contributed by atoms with Crippen molar-refractivity contribution in [1.29, 1.82) is 0 Å². The lowest BCUT2D eigenvalue weighted by Gasteiger charge is -2.03. The molecule has 92 valence electrons. The van der Waals surface area contributed by atoms with E-state index in [0.717, 1.165) is 33.8 Å². The van der Waals surface area contributed by atoms with Gasteiger partial charge in [0.25, 0.3) is 0 Å². The van der Waals surface area contributed by atoms with Gasteiger partial charge in [-0.25, -0.2) is 0 Å². The van der Waals surface area contributed by atoms with Crippen molar-refractivity contribution >= 4 is 5.69 Å². The Bertz CT molecular complexity index is 461. The molecule has 0 amide bonds. The van der Waals surface area contributed by atoms with Crippen LogP contribution < -0.4 is 5.73 Å². The summed E-state index contributed by atoms with van der Waals surface area (Å²) in [7, 11) is 0. The maximum atomic E-state index is 5.81. The summed E-state index contributed by atoms with van der Waals surface area (Å²) >= 11 is 0. The van der Waals surface area contributed by atoms with Crippen molar-refractivity contribution in [1.82, 2.24) is 5.16 Å². The van der Waals surface area contributed by atoms with Gasteiger partial charge in [-0.15, -0.1) is 0 Å². The number of anilines is 1. The molecule has 0 saturated heterocycles. The van der Waals surface area contributed by atoms with E-state index in [-0.39, 0.29) is 0 Å². The predicted molar refractivity (Wildman–Crippen MR) is 71.9 cm³/mol. The second-order valence-electron chi connectivity index (χ2n) is 3.83. The summed E-state index contributed by atoms with van der Waals surface area (Å²) in [5.41, 5.74) is 10.7. The minimum atomic E-state index is 0.769. The van der Waals surface area contributed by atoms with Crippen molar-refractivity contribution in [3.63, 3.8) is 0 Å². The standard InChI is InChI=1S/C12H14N2O.C2H6/c1-7-4-10(6-11(13)5-7)12-8(2)14-15-9(12)3;1-2/h4-6H,13H2,1-3H3;1-2H3. The van der Waals surface area contributed by atoms with Gasteiger partial charge in [-0.3, -0.25) is 0 Å². The fraction of sp³-hybridized carbons (Fsp3) is 0.357. The van der Waals surface area contributed by atoms with E-state index in [2.05, 4.69) is 11.2 Å². The van der Waals surface area contributed by atoms with Crippen LogP contribution in [0.1, 0.15) is 30.9 Å². The Morgan fingerprint density at radius 3 is 2.18 bits per heavy atom. The monoisotopic (exact) mass is 232 g/mol. The zero-order chi connectivity index (χ0) is 13.0. The summed E-state index contributed by atoms with van der Waals surface area (Å²) in [6.45, 7) is 9.87. The zero-order valence-corrected chi connectivity index (χ0v) is 11.2. The van der Waals surface area contributed by atoms with Crippen molar-refractivity contribution in [3.8, 4) is 11.1 Å². The van der Waals surface area contributed by atoms with Crippen LogP contribution in [0.25, 0.3) is 11.1 Å². The Morgan fingerprint density at radius 1 is 1.06 bits per heavy atom. The smallest absolute Gasteiger partial charge is 0.141 e. The molecule has 0 bridgehead atoms. The molecule has 1 aromatic carbocycles. The summed E-state index contributed by atoms with van der Waals surface area (Å²) in [6.07, 6.45) is 0. The molecule has 2 aromatic rings. The van der Waals surface area contributed by atoms with Crippen LogP contribution in [-0.4, -0.2) is 5.16 Å². The Kier molecular flexibility index (Phi) is 4.32. The topological polar surface area (TPSA) is 52.0 Å². The van der Waals surface area contributed by atoms with E-state index in [4.69, 9.17) is 10.3 Å². The van der Waals surface area contributed by atoms with E-state index in [0.29, 0.717) is 0 Å². The second kappa shape index (κ2) is 5.53. The Hall–Kier alpha value is -1.77. The lowest BCUT2D eigenvalue weighted by atomic mass is 10.0. The van der Waals surface area contributed by atoms with Gasteiger partial charge < -0.3 is 10.3 Å². The van der Waals surface area contributed by atoms with Crippen LogP contribution in [0.3, 0.4) is 0 Å².